The molecule has 7 rings (SSSR count). The molecule has 5 nitrogen and oxygen atoms in total. The second kappa shape index (κ2) is 12.8. The molecule has 0 saturated heterocycles. The van der Waals surface area contributed by atoms with Gasteiger partial charge in [0.05, 0.1) is 29.1 Å². The van der Waals surface area contributed by atoms with Gasteiger partial charge in [-0.3, -0.25) is 9.59 Å². The third-order valence-corrected chi connectivity index (χ3v) is 10.9. The zero-order valence-electron chi connectivity index (χ0n) is 26.5. The fraction of sp³-hybridized carbons (Fsp3) is 0.167. The van der Waals surface area contributed by atoms with Crippen molar-refractivity contribution in [1.82, 2.24) is 0 Å². The summed E-state index contributed by atoms with van der Waals surface area (Å²) in [4.78, 5) is 29.6. The Morgan fingerprint density at radius 2 is 1.35 bits per heavy atom. The van der Waals surface area contributed by atoms with Crippen molar-refractivity contribution in [1.29, 1.82) is 5.26 Å². The number of ether oxygens (including phenoxy) is 1. The maximum absolute atomic E-state index is 15.3. The summed E-state index contributed by atoms with van der Waals surface area (Å²) in [5.74, 6) is -4.63. The highest BCUT2D eigenvalue weighted by Gasteiger charge is 2.67. The molecule has 1 saturated carbocycles. The molecule has 0 heterocycles. The molecule has 242 valence electrons. The Balaban J connectivity index is 1.57. The number of aliphatic hydroxyl groups is 1. The topological polar surface area (TPSA) is 87.4 Å². The van der Waals surface area contributed by atoms with Crippen molar-refractivity contribution in [3.8, 4) is 6.07 Å². The number of hydrogen-bond acceptors (Lipinski definition) is 5. The fourth-order valence-corrected chi connectivity index (χ4v) is 8.16. The van der Waals surface area contributed by atoms with E-state index >= 15 is 4.79 Å². The predicted molar refractivity (Wildman–Crippen MR) is 193 cm³/mol. The van der Waals surface area contributed by atoms with E-state index in [0.29, 0.717) is 27.3 Å². The first kappa shape index (κ1) is 32.6. The average molecular weight is 685 g/mol. The lowest BCUT2D eigenvalue weighted by molar-refractivity contribution is -0.162. The van der Waals surface area contributed by atoms with Gasteiger partial charge in [0.1, 0.15) is 5.60 Å². The summed E-state index contributed by atoms with van der Waals surface area (Å²) in [6.07, 6.45) is -0.167. The Morgan fingerprint density at radius 3 is 1.98 bits per heavy atom. The number of carbonyl (C=O) groups is 2. The molecule has 7 heteroatoms. The molecular weight excluding hydrogens is 653 g/mol. The molecule has 6 aromatic rings. The summed E-state index contributed by atoms with van der Waals surface area (Å²) in [5, 5.41) is 28.9. The smallest absolute Gasteiger partial charge is 0.327 e. The minimum Gasteiger partial charge on any atom is -0.468 e. The van der Waals surface area contributed by atoms with Crippen molar-refractivity contribution in [2.45, 2.75) is 23.9 Å². The molecule has 0 bridgehead atoms. The molecule has 0 radical (unpaired) electrons. The zero-order chi connectivity index (χ0) is 34.3. The monoisotopic (exact) mass is 683 g/mol. The lowest BCUT2D eigenvalue weighted by Gasteiger charge is -2.54. The number of rotatable bonds is 6. The van der Waals surface area contributed by atoms with Crippen LogP contribution in [0, 0.1) is 22.7 Å². The van der Waals surface area contributed by atoms with Gasteiger partial charge in [-0.25, -0.2) is 0 Å². The number of halogens is 2. The normalized spacial score (nSPS) is 23.5. The summed E-state index contributed by atoms with van der Waals surface area (Å²) >= 11 is 12.9. The van der Waals surface area contributed by atoms with E-state index in [0.717, 1.165) is 21.5 Å². The van der Waals surface area contributed by atoms with E-state index in [4.69, 9.17) is 27.9 Å². The minimum absolute atomic E-state index is 0.167. The molecule has 1 N–H and O–H groups in total. The van der Waals surface area contributed by atoms with Gasteiger partial charge in [-0.1, -0.05) is 132 Å². The third kappa shape index (κ3) is 5.37. The van der Waals surface area contributed by atoms with Crippen LogP contribution in [0.25, 0.3) is 21.5 Å². The van der Waals surface area contributed by atoms with Crippen LogP contribution < -0.4 is 0 Å². The highest BCUT2D eigenvalue weighted by atomic mass is 35.5. The molecule has 0 amide bonds. The highest BCUT2D eigenvalue weighted by Crippen LogP contribution is 2.64. The lowest BCUT2D eigenvalue weighted by atomic mass is 9.47. The maximum Gasteiger partial charge on any atom is 0.327 e. The third-order valence-electron chi connectivity index (χ3n) is 10.2. The van der Waals surface area contributed by atoms with Gasteiger partial charge in [-0.2, -0.15) is 5.26 Å². The summed E-state index contributed by atoms with van der Waals surface area (Å²) in [5.41, 5.74) is -1.94. The molecule has 0 aliphatic heterocycles. The van der Waals surface area contributed by atoms with Crippen LogP contribution in [0.1, 0.15) is 45.3 Å². The Bertz CT molecular complexity index is 2280. The molecule has 1 fully saturated rings. The molecule has 0 aromatic heterocycles. The van der Waals surface area contributed by atoms with E-state index < -0.39 is 40.5 Å². The van der Waals surface area contributed by atoms with Gasteiger partial charge in [-0.15, -0.1) is 0 Å². The van der Waals surface area contributed by atoms with Crippen LogP contribution in [-0.4, -0.2) is 24.0 Å². The van der Waals surface area contributed by atoms with E-state index in [1.165, 1.54) is 7.11 Å². The number of methoxy groups -OCH3 is 1. The summed E-state index contributed by atoms with van der Waals surface area (Å²) in [6, 6.07) is 42.8. The molecule has 0 unspecified atom stereocenters. The average Bonchev–Trinajstić information content (AvgIpc) is 3.14. The van der Waals surface area contributed by atoms with Crippen molar-refractivity contribution >= 4 is 56.5 Å². The van der Waals surface area contributed by atoms with Crippen molar-refractivity contribution in [3.05, 3.63) is 166 Å². The summed E-state index contributed by atoms with van der Waals surface area (Å²) in [7, 11) is 1.24. The summed E-state index contributed by atoms with van der Waals surface area (Å²) < 4.78 is 5.45. The molecule has 0 spiro atoms. The maximum atomic E-state index is 15.3. The van der Waals surface area contributed by atoms with Gasteiger partial charge in [-0.05, 0) is 68.9 Å². The minimum atomic E-state index is -1.96. The number of nitriles is 1. The number of hydrogen-bond donors (Lipinski definition) is 1. The molecule has 5 atom stereocenters. The van der Waals surface area contributed by atoms with Crippen LogP contribution in [0.4, 0.5) is 0 Å². The number of carbonyl (C=O) groups excluding carboxylic acids is 2. The van der Waals surface area contributed by atoms with Crippen LogP contribution >= 0.6 is 23.2 Å². The summed E-state index contributed by atoms with van der Waals surface area (Å²) in [6.45, 7) is 0. The van der Waals surface area contributed by atoms with Crippen molar-refractivity contribution < 1.29 is 19.4 Å². The van der Waals surface area contributed by atoms with E-state index in [1.807, 2.05) is 78.9 Å². The van der Waals surface area contributed by atoms with E-state index in [-0.39, 0.29) is 11.4 Å². The Kier molecular flexibility index (Phi) is 8.50. The van der Waals surface area contributed by atoms with Gasteiger partial charge in [0.15, 0.2) is 11.2 Å². The van der Waals surface area contributed by atoms with Crippen LogP contribution in [0.2, 0.25) is 10.0 Å². The number of fused-ring (bicyclic) bond motifs is 2. The molecular formula is C42H31Cl2NO4. The second-order valence-corrected chi connectivity index (χ2v) is 13.5. The first-order chi connectivity index (χ1) is 23.7. The Hall–Kier alpha value is -4.99. The molecule has 1 aliphatic carbocycles. The van der Waals surface area contributed by atoms with E-state index in [9.17, 15) is 15.2 Å². The quantitative estimate of drug-likeness (QED) is 0.140. The van der Waals surface area contributed by atoms with Crippen molar-refractivity contribution in [2.75, 3.05) is 7.11 Å². The largest absolute Gasteiger partial charge is 0.468 e. The predicted octanol–water partition coefficient (Wildman–Crippen LogP) is 9.64. The number of nitrogens with zero attached hydrogens (tertiary/aromatic N) is 1. The number of esters is 1. The van der Waals surface area contributed by atoms with Crippen LogP contribution in [-0.2, 0) is 15.1 Å². The van der Waals surface area contributed by atoms with Gasteiger partial charge in [0, 0.05) is 17.4 Å². The second-order valence-electron chi connectivity index (χ2n) is 12.7. The number of ketones is 1. The van der Waals surface area contributed by atoms with Crippen LogP contribution in [0.15, 0.2) is 133 Å². The molecule has 49 heavy (non-hydrogen) atoms. The number of Topliss-reactive ketones (excluding diaryl/α,β-unsaturated/α-hetero) is 1. The Morgan fingerprint density at radius 1 is 0.735 bits per heavy atom. The van der Waals surface area contributed by atoms with Gasteiger partial charge in [0.25, 0.3) is 0 Å². The van der Waals surface area contributed by atoms with Crippen LogP contribution in [0.5, 0.6) is 0 Å². The van der Waals surface area contributed by atoms with Crippen molar-refractivity contribution in [2.24, 2.45) is 11.3 Å². The van der Waals surface area contributed by atoms with Gasteiger partial charge >= 0.3 is 5.97 Å². The fourth-order valence-electron chi connectivity index (χ4n) is 7.86. The van der Waals surface area contributed by atoms with E-state index in [1.54, 1.807) is 54.6 Å². The highest BCUT2D eigenvalue weighted by molar-refractivity contribution is 6.42. The standard InChI is InChI=1S/C42H31Cl2NO4/c1-49-40(47)41(25-45)34(31-18-20-35(43)36(44)23-31)24-42(48,33-19-17-27-10-6-8-14-30(27)22-33)38(37(41)28-11-3-2-4-12-28)39(46)32-16-15-26-9-5-7-13-29(26)21-32/h2-23,34,37-38,48H,24H2,1H3/t34-,37-,38-,41+,42-/m0/s1. The van der Waals surface area contributed by atoms with Gasteiger partial charge < -0.3 is 9.84 Å². The van der Waals surface area contributed by atoms with Crippen molar-refractivity contribution in [3.63, 3.8) is 0 Å². The zero-order valence-corrected chi connectivity index (χ0v) is 28.0. The van der Waals surface area contributed by atoms with Crippen LogP contribution in [0.3, 0.4) is 0 Å². The lowest BCUT2D eigenvalue weighted by Crippen LogP contribution is -2.59. The molecule has 1 aliphatic rings. The Labute approximate surface area is 294 Å². The first-order valence-corrected chi connectivity index (χ1v) is 16.7. The van der Waals surface area contributed by atoms with E-state index in [2.05, 4.69) is 6.07 Å². The first-order valence-electron chi connectivity index (χ1n) is 16.0. The SMILES string of the molecule is COC(=O)[C@]1(C#N)[C@H](c2ccc(Cl)c(Cl)c2)C[C@](O)(c2ccc3ccccc3c2)[C@H](C(=O)c2ccc3ccccc3c2)[C@@H]1c1ccccc1. The number of benzene rings is 6. The molecule has 6 aromatic carbocycles. The van der Waals surface area contributed by atoms with Gasteiger partial charge in [0.2, 0.25) is 0 Å².